The molecule has 0 radical (unpaired) electrons. The largest absolute Gasteiger partial charge is 0.478 e. The van der Waals surface area contributed by atoms with Crippen LogP contribution in [0.3, 0.4) is 0 Å². The van der Waals surface area contributed by atoms with E-state index >= 15 is 0 Å². The molecule has 8 heteroatoms. The Bertz CT molecular complexity index is 1340. The van der Waals surface area contributed by atoms with Gasteiger partial charge in [-0.3, -0.25) is 9.97 Å². The van der Waals surface area contributed by atoms with Crippen molar-refractivity contribution in [1.29, 1.82) is 0 Å². The normalized spacial score (nSPS) is 17.6. The van der Waals surface area contributed by atoms with E-state index in [0.717, 1.165) is 28.1 Å². The first-order valence-electron chi connectivity index (χ1n) is 10.8. The van der Waals surface area contributed by atoms with E-state index in [1.54, 1.807) is 36.8 Å². The Morgan fingerprint density at radius 3 is 2.65 bits per heavy atom. The van der Waals surface area contributed by atoms with Crippen LogP contribution in [0.2, 0.25) is 0 Å². The highest BCUT2D eigenvalue weighted by Gasteiger charge is 2.41. The van der Waals surface area contributed by atoms with Gasteiger partial charge in [0.2, 0.25) is 0 Å². The number of rotatable bonds is 6. The van der Waals surface area contributed by atoms with Crippen molar-refractivity contribution in [3.63, 3.8) is 0 Å². The van der Waals surface area contributed by atoms with Gasteiger partial charge in [-0.1, -0.05) is 12.1 Å². The van der Waals surface area contributed by atoms with Crippen LogP contribution in [0.1, 0.15) is 45.0 Å². The fourth-order valence-electron chi connectivity index (χ4n) is 4.30. The molecule has 0 spiro atoms. The van der Waals surface area contributed by atoms with Crippen molar-refractivity contribution in [1.82, 2.24) is 20.2 Å². The van der Waals surface area contributed by atoms with E-state index in [1.807, 2.05) is 49.4 Å². The highest BCUT2D eigenvalue weighted by atomic mass is 32.1. The number of nitrogens with one attached hydrogen (secondary N) is 1. The van der Waals surface area contributed by atoms with Crippen LogP contribution in [0, 0.1) is 6.92 Å². The molecule has 1 saturated heterocycles. The number of pyridine rings is 2. The smallest absolute Gasteiger partial charge is 0.335 e. The predicted octanol–water partition coefficient (Wildman–Crippen LogP) is 4.92. The molecule has 1 aromatic carbocycles. The zero-order chi connectivity index (χ0) is 23.7. The van der Waals surface area contributed by atoms with Gasteiger partial charge in [-0.25, -0.2) is 4.79 Å². The first-order valence-corrected chi connectivity index (χ1v) is 11.2. The quantitative estimate of drug-likeness (QED) is 0.384. The lowest BCUT2D eigenvalue weighted by molar-refractivity contribution is 0.0697. The van der Waals surface area contributed by atoms with E-state index in [0.29, 0.717) is 17.4 Å². The minimum absolute atomic E-state index is 0.190. The molecule has 0 bridgehead atoms. The molecule has 4 aromatic rings. The number of aryl methyl sites for hydroxylation is 1. The van der Waals surface area contributed by atoms with E-state index in [9.17, 15) is 9.90 Å². The summed E-state index contributed by atoms with van der Waals surface area (Å²) in [6.45, 7) is 2.47. The number of carbonyl (C=O) groups is 1. The molecule has 7 nitrogen and oxygen atoms in total. The molecule has 170 valence electrons. The molecule has 5 rings (SSSR count). The van der Waals surface area contributed by atoms with E-state index in [-0.39, 0.29) is 17.6 Å². The van der Waals surface area contributed by atoms with Gasteiger partial charge in [0.1, 0.15) is 17.6 Å². The Labute approximate surface area is 202 Å². The molecular weight excluding hydrogens is 448 g/mol. The van der Waals surface area contributed by atoms with Crippen molar-refractivity contribution in [2.75, 3.05) is 0 Å². The summed E-state index contributed by atoms with van der Waals surface area (Å²) in [6.07, 6.45) is 5.30. The van der Waals surface area contributed by atoms with Crippen LogP contribution in [0.5, 0.6) is 0 Å². The van der Waals surface area contributed by atoms with E-state index in [4.69, 9.17) is 16.6 Å². The highest BCUT2D eigenvalue weighted by Crippen LogP contribution is 2.41. The third-order valence-electron chi connectivity index (χ3n) is 5.96. The molecule has 3 aromatic heterocycles. The van der Waals surface area contributed by atoms with Crippen molar-refractivity contribution in [3.05, 3.63) is 107 Å². The number of nitrogens with zero attached hydrogens (tertiary/aromatic N) is 3. The highest BCUT2D eigenvalue weighted by molar-refractivity contribution is 7.80. The maximum absolute atomic E-state index is 11.3. The summed E-state index contributed by atoms with van der Waals surface area (Å²) >= 11 is 5.73. The molecule has 0 saturated carbocycles. The maximum atomic E-state index is 11.3. The van der Waals surface area contributed by atoms with E-state index < -0.39 is 5.97 Å². The summed E-state index contributed by atoms with van der Waals surface area (Å²) in [5.41, 5.74) is 3.87. The van der Waals surface area contributed by atoms with Crippen molar-refractivity contribution in [2.45, 2.75) is 25.6 Å². The summed E-state index contributed by atoms with van der Waals surface area (Å²) in [4.78, 5) is 22.1. The van der Waals surface area contributed by atoms with Crippen LogP contribution < -0.4 is 5.32 Å². The molecule has 0 unspecified atom stereocenters. The second-order valence-corrected chi connectivity index (χ2v) is 8.53. The Kier molecular flexibility index (Phi) is 5.81. The van der Waals surface area contributed by atoms with Gasteiger partial charge in [0.25, 0.3) is 0 Å². The first-order chi connectivity index (χ1) is 16.5. The van der Waals surface area contributed by atoms with Gasteiger partial charge in [0.15, 0.2) is 5.11 Å². The second kappa shape index (κ2) is 9.07. The van der Waals surface area contributed by atoms with Gasteiger partial charge in [-0.05, 0) is 78.8 Å². The summed E-state index contributed by atoms with van der Waals surface area (Å²) in [5.74, 6) is 0.463. The molecule has 4 heterocycles. The monoisotopic (exact) mass is 470 g/mol. The lowest BCUT2D eigenvalue weighted by Crippen LogP contribution is -2.29. The van der Waals surface area contributed by atoms with Gasteiger partial charge in [-0.15, -0.1) is 0 Å². The lowest BCUT2D eigenvalue weighted by atomic mass is 10.0. The average Bonchev–Trinajstić information content (AvgIpc) is 3.45. The molecule has 0 aliphatic carbocycles. The number of carboxylic acid groups (broad SMARTS) is 1. The molecule has 2 atom stereocenters. The molecular formula is C26H22N4O3S. The van der Waals surface area contributed by atoms with Gasteiger partial charge in [0, 0.05) is 30.7 Å². The van der Waals surface area contributed by atoms with Crippen molar-refractivity contribution in [2.24, 2.45) is 0 Å². The molecule has 1 aliphatic rings. The number of hydrogen-bond donors (Lipinski definition) is 2. The zero-order valence-electron chi connectivity index (χ0n) is 18.4. The molecule has 1 aliphatic heterocycles. The average molecular weight is 471 g/mol. The predicted molar refractivity (Wildman–Crippen MR) is 131 cm³/mol. The van der Waals surface area contributed by atoms with Crippen LogP contribution in [0.25, 0.3) is 11.3 Å². The topological polar surface area (TPSA) is 91.5 Å². The first kappa shape index (κ1) is 21.8. The summed E-state index contributed by atoms with van der Waals surface area (Å²) in [5, 5.41) is 13.3. The summed E-state index contributed by atoms with van der Waals surface area (Å²) in [7, 11) is 0. The van der Waals surface area contributed by atoms with E-state index in [1.165, 1.54) is 0 Å². The maximum Gasteiger partial charge on any atom is 0.335 e. The van der Waals surface area contributed by atoms with Crippen molar-refractivity contribution in [3.8, 4) is 11.3 Å². The Balaban J connectivity index is 1.53. The van der Waals surface area contributed by atoms with Gasteiger partial charge in [-0.2, -0.15) is 0 Å². The Morgan fingerprint density at radius 1 is 1.12 bits per heavy atom. The lowest BCUT2D eigenvalue weighted by Gasteiger charge is -2.26. The van der Waals surface area contributed by atoms with Crippen LogP contribution in [-0.4, -0.2) is 31.1 Å². The summed E-state index contributed by atoms with van der Waals surface area (Å²) < 4.78 is 6.37. The third-order valence-corrected chi connectivity index (χ3v) is 6.31. The third kappa shape index (κ3) is 4.15. The van der Waals surface area contributed by atoms with Crippen LogP contribution in [-0.2, 0) is 6.54 Å². The van der Waals surface area contributed by atoms with Crippen molar-refractivity contribution < 1.29 is 14.3 Å². The van der Waals surface area contributed by atoms with E-state index in [2.05, 4.69) is 20.2 Å². The molecule has 0 amide bonds. The number of hydrogen-bond acceptors (Lipinski definition) is 5. The number of furan rings is 1. The Morgan fingerprint density at radius 2 is 1.94 bits per heavy atom. The Hall–Kier alpha value is -4.04. The number of carboxylic acids is 1. The number of aromatic carboxylic acids is 1. The fourth-order valence-corrected chi connectivity index (χ4v) is 4.60. The SMILES string of the molecule is Cc1cc(C(=O)O)ccc1-c1ccc([C@H]2[C@@H](c3ccccn3)NC(=S)N2Cc2ccncc2)o1. The minimum atomic E-state index is -0.953. The number of thiocarbonyl (C=S) groups is 1. The molecule has 1 fully saturated rings. The molecule has 34 heavy (non-hydrogen) atoms. The van der Waals surface area contributed by atoms with Crippen LogP contribution >= 0.6 is 12.2 Å². The number of aromatic nitrogens is 2. The number of benzene rings is 1. The standard InChI is InChI=1S/C26H22N4O3S/c1-16-14-18(25(31)32)5-6-19(16)21-7-8-22(33-21)24-23(20-4-2-3-11-28-20)29-26(34)30(24)15-17-9-12-27-13-10-17/h2-14,23-24H,15H2,1H3,(H,29,34)(H,31,32)/t23-,24+/m1/s1. The van der Waals surface area contributed by atoms with Crippen LogP contribution in [0.4, 0.5) is 0 Å². The fraction of sp³-hybridized carbons (Fsp3) is 0.154. The summed E-state index contributed by atoms with van der Waals surface area (Å²) in [6, 6.07) is 18.2. The van der Waals surface area contributed by atoms with Gasteiger partial charge >= 0.3 is 5.97 Å². The van der Waals surface area contributed by atoms with Gasteiger partial charge in [0.05, 0.1) is 17.3 Å². The second-order valence-electron chi connectivity index (χ2n) is 8.15. The molecule has 2 N–H and O–H groups in total. The van der Waals surface area contributed by atoms with Gasteiger partial charge < -0.3 is 19.7 Å². The minimum Gasteiger partial charge on any atom is -0.478 e. The van der Waals surface area contributed by atoms with Crippen molar-refractivity contribution >= 4 is 23.3 Å². The zero-order valence-corrected chi connectivity index (χ0v) is 19.2. The van der Waals surface area contributed by atoms with Crippen LogP contribution in [0.15, 0.2) is 83.7 Å².